The van der Waals surface area contributed by atoms with E-state index in [1.54, 1.807) is 0 Å². The van der Waals surface area contributed by atoms with E-state index < -0.39 is 0 Å². The van der Waals surface area contributed by atoms with E-state index in [1.165, 1.54) is 16.5 Å². The molecular formula is C20H22N4. The van der Waals surface area contributed by atoms with Gasteiger partial charge in [0.25, 0.3) is 0 Å². The van der Waals surface area contributed by atoms with Crippen LogP contribution in [-0.2, 0) is 0 Å². The third-order valence-electron chi connectivity index (χ3n) is 4.89. The molecule has 4 rings (SSSR count). The molecule has 2 heterocycles. The number of pyridine rings is 2. The predicted octanol–water partition coefficient (Wildman–Crippen LogP) is 3.98. The molecule has 0 saturated heterocycles. The molecule has 3 aromatic rings. The summed E-state index contributed by atoms with van der Waals surface area (Å²) in [5.41, 5.74) is 10.6. The van der Waals surface area contributed by atoms with Gasteiger partial charge >= 0.3 is 0 Å². The average Bonchev–Trinajstić information content (AvgIpc) is 2.64. The molecule has 1 saturated carbocycles. The smallest absolute Gasteiger partial charge is 0.0723 e. The lowest BCUT2D eigenvalue weighted by molar-refractivity contribution is 0.411. The van der Waals surface area contributed by atoms with Crippen LogP contribution in [-0.4, -0.2) is 22.1 Å². The molecule has 0 atom stereocenters. The van der Waals surface area contributed by atoms with Crippen LogP contribution >= 0.6 is 0 Å². The number of hydrogen-bond donors (Lipinski definition) is 2. The highest BCUT2D eigenvalue weighted by molar-refractivity contribution is 5.94. The summed E-state index contributed by atoms with van der Waals surface area (Å²) in [5, 5.41) is 4.88. The van der Waals surface area contributed by atoms with Crippen molar-refractivity contribution in [2.75, 3.05) is 5.32 Å². The van der Waals surface area contributed by atoms with Gasteiger partial charge in [0, 0.05) is 41.7 Å². The van der Waals surface area contributed by atoms with Crippen molar-refractivity contribution in [3.63, 3.8) is 0 Å². The van der Waals surface area contributed by atoms with Gasteiger partial charge in [-0.15, -0.1) is 0 Å². The summed E-state index contributed by atoms with van der Waals surface area (Å²) >= 11 is 0. The van der Waals surface area contributed by atoms with Crippen LogP contribution in [0.25, 0.3) is 22.0 Å². The van der Waals surface area contributed by atoms with Crippen LogP contribution in [0, 0.1) is 0 Å². The van der Waals surface area contributed by atoms with Crippen molar-refractivity contribution in [1.82, 2.24) is 9.97 Å². The fourth-order valence-electron chi connectivity index (χ4n) is 3.48. The third-order valence-corrected chi connectivity index (χ3v) is 4.89. The predicted molar refractivity (Wildman–Crippen MR) is 98.8 cm³/mol. The fraction of sp³-hybridized carbons (Fsp3) is 0.300. The first-order chi connectivity index (χ1) is 11.8. The summed E-state index contributed by atoms with van der Waals surface area (Å²) in [4.78, 5) is 8.61. The van der Waals surface area contributed by atoms with Gasteiger partial charge in [0.2, 0.25) is 0 Å². The van der Waals surface area contributed by atoms with E-state index >= 15 is 0 Å². The Morgan fingerprint density at radius 1 is 0.875 bits per heavy atom. The quantitative estimate of drug-likeness (QED) is 0.767. The molecule has 122 valence electrons. The Balaban J connectivity index is 1.67. The van der Waals surface area contributed by atoms with Gasteiger partial charge in [-0.2, -0.15) is 0 Å². The number of nitrogens with one attached hydrogen (secondary N) is 1. The summed E-state index contributed by atoms with van der Waals surface area (Å²) in [6.07, 6.45) is 10.0. The molecule has 4 nitrogen and oxygen atoms in total. The first kappa shape index (κ1) is 15.1. The zero-order valence-electron chi connectivity index (χ0n) is 13.7. The lowest BCUT2D eigenvalue weighted by atomic mass is 9.91. The first-order valence-electron chi connectivity index (χ1n) is 8.61. The van der Waals surface area contributed by atoms with Crippen molar-refractivity contribution in [1.29, 1.82) is 0 Å². The van der Waals surface area contributed by atoms with Gasteiger partial charge in [0.05, 0.1) is 5.52 Å². The third kappa shape index (κ3) is 3.10. The van der Waals surface area contributed by atoms with E-state index in [4.69, 9.17) is 5.73 Å². The van der Waals surface area contributed by atoms with Crippen LogP contribution in [0.2, 0.25) is 0 Å². The number of benzene rings is 1. The van der Waals surface area contributed by atoms with Crippen LogP contribution in [0.4, 0.5) is 5.69 Å². The fourth-order valence-corrected chi connectivity index (χ4v) is 3.48. The highest BCUT2D eigenvalue weighted by Crippen LogP contribution is 2.30. The molecule has 4 heteroatoms. The number of hydrogen-bond acceptors (Lipinski definition) is 4. The number of fused-ring (bicyclic) bond motifs is 1. The second-order valence-corrected chi connectivity index (χ2v) is 6.58. The Labute approximate surface area is 142 Å². The van der Waals surface area contributed by atoms with Crippen LogP contribution in [0.1, 0.15) is 25.7 Å². The number of rotatable bonds is 3. The van der Waals surface area contributed by atoms with E-state index in [1.807, 2.05) is 30.7 Å². The van der Waals surface area contributed by atoms with Crippen LogP contribution in [0.15, 0.2) is 55.0 Å². The molecular weight excluding hydrogens is 296 g/mol. The standard InChI is InChI=1S/C20H22N4/c21-16-2-4-17(5-3-16)24-20-9-12-23-19-6-1-15(13-18(19)20)14-7-10-22-11-8-14/h1,6-13,16-17H,2-5,21H2,(H,23,24). The summed E-state index contributed by atoms with van der Waals surface area (Å²) in [6.45, 7) is 0. The summed E-state index contributed by atoms with van der Waals surface area (Å²) in [7, 11) is 0. The molecule has 0 aliphatic heterocycles. The Kier molecular flexibility index (Phi) is 4.13. The van der Waals surface area contributed by atoms with Gasteiger partial charge in [-0.1, -0.05) is 6.07 Å². The Morgan fingerprint density at radius 2 is 1.67 bits per heavy atom. The van der Waals surface area contributed by atoms with Gasteiger partial charge < -0.3 is 11.1 Å². The maximum absolute atomic E-state index is 6.02. The van der Waals surface area contributed by atoms with Crippen LogP contribution < -0.4 is 11.1 Å². The monoisotopic (exact) mass is 318 g/mol. The average molecular weight is 318 g/mol. The lowest BCUT2D eigenvalue weighted by Crippen LogP contribution is -2.32. The molecule has 0 bridgehead atoms. The molecule has 3 N–H and O–H groups in total. The van der Waals surface area contributed by atoms with Gasteiger partial charge in [-0.05, 0) is 67.1 Å². The second-order valence-electron chi connectivity index (χ2n) is 6.58. The van der Waals surface area contributed by atoms with Crippen molar-refractivity contribution >= 4 is 16.6 Å². The molecule has 1 aliphatic carbocycles. The van der Waals surface area contributed by atoms with Gasteiger partial charge in [-0.25, -0.2) is 0 Å². The zero-order valence-corrected chi connectivity index (χ0v) is 13.7. The van der Waals surface area contributed by atoms with E-state index in [0.29, 0.717) is 12.1 Å². The molecule has 1 aromatic carbocycles. The molecule has 24 heavy (non-hydrogen) atoms. The van der Waals surface area contributed by atoms with E-state index in [9.17, 15) is 0 Å². The molecule has 0 unspecified atom stereocenters. The minimum atomic E-state index is 0.371. The van der Waals surface area contributed by atoms with E-state index in [0.717, 1.165) is 36.9 Å². The van der Waals surface area contributed by atoms with Gasteiger partial charge in [0.1, 0.15) is 0 Å². The Hall–Kier alpha value is -2.46. The Morgan fingerprint density at radius 3 is 2.46 bits per heavy atom. The minimum Gasteiger partial charge on any atom is -0.382 e. The summed E-state index contributed by atoms with van der Waals surface area (Å²) in [5.74, 6) is 0. The molecule has 2 aromatic heterocycles. The molecule has 0 radical (unpaired) electrons. The number of nitrogens with zero attached hydrogens (tertiary/aromatic N) is 2. The highest BCUT2D eigenvalue weighted by atomic mass is 14.9. The number of anilines is 1. The molecule has 0 amide bonds. The topological polar surface area (TPSA) is 63.8 Å². The van der Waals surface area contributed by atoms with Crippen molar-refractivity contribution in [2.24, 2.45) is 5.73 Å². The lowest BCUT2D eigenvalue weighted by Gasteiger charge is -2.28. The first-order valence-corrected chi connectivity index (χ1v) is 8.61. The second kappa shape index (κ2) is 6.57. The number of nitrogens with two attached hydrogens (primary N) is 1. The molecule has 1 aliphatic rings. The van der Waals surface area contributed by atoms with Gasteiger partial charge in [0.15, 0.2) is 0 Å². The van der Waals surface area contributed by atoms with Crippen LogP contribution in [0.5, 0.6) is 0 Å². The van der Waals surface area contributed by atoms with E-state index in [-0.39, 0.29) is 0 Å². The van der Waals surface area contributed by atoms with Crippen molar-refractivity contribution in [2.45, 2.75) is 37.8 Å². The Bertz CT molecular complexity index is 823. The van der Waals surface area contributed by atoms with Crippen LogP contribution in [0.3, 0.4) is 0 Å². The summed E-state index contributed by atoms with van der Waals surface area (Å²) < 4.78 is 0. The SMILES string of the molecule is NC1CCC(Nc2ccnc3ccc(-c4ccncc4)cc23)CC1. The van der Waals surface area contributed by atoms with E-state index in [2.05, 4.69) is 39.6 Å². The minimum absolute atomic E-state index is 0.371. The molecule has 1 fully saturated rings. The normalized spacial score (nSPS) is 20.9. The largest absolute Gasteiger partial charge is 0.382 e. The number of aromatic nitrogens is 2. The molecule has 0 spiro atoms. The maximum atomic E-state index is 6.02. The summed E-state index contributed by atoms with van der Waals surface area (Å²) in [6, 6.07) is 13.4. The van der Waals surface area contributed by atoms with Crippen molar-refractivity contribution in [3.05, 3.63) is 55.0 Å². The maximum Gasteiger partial charge on any atom is 0.0723 e. The van der Waals surface area contributed by atoms with Crippen molar-refractivity contribution in [3.8, 4) is 11.1 Å². The highest BCUT2D eigenvalue weighted by Gasteiger charge is 2.19. The van der Waals surface area contributed by atoms with Crippen molar-refractivity contribution < 1.29 is 0 Å². The van der Waals surface area contributed by atoms with Gasteiger partial charge in [-0.3, -0.25) is 9.97 Å². The zero-order chi connectivity index (χ0) is 16.4.